The number of nitrogens with two attached hydrogens (primary N) is 1. The van der Waals surface area contributed by atoms with Crippen molar-refractivity contribution in [3.05, 3.63) is 11.9 Å². The highest BCUT2D eigenvalue weighted by atomic mass is 15.0. The minimum absolute atomic E-state index is 0.603. The van der Waals surface area contributed by atoms with Gasteiger partial charge in [-0.05, 0) is 25.2 Å². The lowest BCUT2D eigenvalue weighted by molar-refractivity contribution is 0.578. The van der Waals surface area contributed by atoms with Gasteiger partial charge in [0.2, 0.25) is 0 Å². The average molecular weight is 220 g/mol. The van der Waals surface area contributed by atoms with Gasteiger partial charge in [0.05, 0.1) is 0 Å². The lowest BCUT2D eigenvalue weighted by atomic mass is 10.1. The molecule has 0 aromatic carbocycles. The normalized spacial score (nSPS) is 16.6. The number of nitrogens with one attached hydrogen (secondary N) is 1. The molecule has 1 aliphatic rings. The second kappa shape index (κ2) is 5.14. The summed E-state index contributed by atoms with van der Waals surface area (Å²) < 4.78 is 0. The summed E-state index contributed by atoms with van der Waals surface area (Å²) in [6.45, 7) is 3.10. The molecule has 0 unspecified atom stereocenters. The van der Waals surface area contributed by atoms with Crippen molar-refractivity contribution in [1.82, 2.24) is 9.97 Å². The third kappa shape index (κ3) is 2.43. The average Bonchev–Trinajstić information content (AvgIpc) is 2.79. The van der Waals surface area contributed by atoms with Gasteiger partial charge in [0.15, 0.2) is 0 Å². The first kappa shape index (κ1) is 11.2. The predicted molar refractivity (Wildman–Crippen MR) is 66.3 cm³/mol. The van der Waals surface area contributed by atoms with Crippen molar-refractivity contribution in [2.75, 3.05) is 17.6 Å². The first-order chi connectivity index (χ1) is 7.81. The molecule has 4 heteroatoms. The number of rotatable bonds is 4. The maximum absolute atomic E-state index is 5.82. The Kier molecular flexibility index (Phi) is 3.59. The fraction of sp³-hybridized carbons (Fsp3) is 0.667. The van der Waals surface area contributed by atoms with E-state index in [1.54, 1.807) is 0 Å². The molecule has 0 aliphatic heterocycles. The molecular formula is C12H20N4. The molecule has 0 amide bonds. The van der Waals surface area contributed by atoms with E-state index in [4.69, 9.17) is 5.73 Å². The zero-order chi connectivity index (χ0) is 11.4. The van der Waals surface area contributed by atoms with E-state index >= 15 is 0 Å². The van der Waals surface area contributed by atoms with Gasteiger partial charge in [-0.3, -0.25) is 0 Å². The van der Waals surface area contributed by atoms with Crippen LogP contribution in [0, 0.1) is 5.92 Å². The van der Waals surface area contributed by atoms with Crippen LogP contribution in [0.2, 0.25) is 0 Å². The Morgan fingerprint density at radius 2 is 2.12 bits per heavy atom. The van der Waals surface area contributed by atoms with E-state index in [9.17, 15) is 0 Å². The smallest absolute Gasteiger partial charge is 0.134 e. The fourth-order valence-corrected chi connectivity index (χ4v) is 2.38. The third-order valence-corrected chi connectivity index (χ3v) is 3.37. The van der Waals surface area contributed by atoms with Crippen LogP contribution < -0.4 is 11.1 Å². The Balaban J connectivity index is 2.00. The minimum atomic E-state index is 0.603. The van der Waals surface area contributed by atoms with Crippen LogP contribution in [0.3, 0.4) is 0 Å². The van der Waals surface area contributed by atoms with Crippen molar-refractivity contribution < 1.29 is 0 Å². The van der Waals surface area contributed by atoms with Gasteiger partial charge in [-0.15, -0.1) is 0 Å². The Labute approximate surface area is 96.7 Å². The maximum Gasteiger partial charge on any atom is 0.134 e. The lowest BCUT2D eigenvalue weighted by Gasteiger charge is -2.14. The van der Waals surface area contributed by atoms with Gasteiger partial charge in [-0.1, -0.05) is 19.8 Å². The molecule has 1 saturated carbocycles. The zero-order valence-corrected chi connectivity index (χ0v) is 9.87. The fourth-order valence-electron chi connectivity index (χ4n) is 2.38. The lowest BCUT2D eigenvalue weighted by Crippen LogP contribution is -2.14. The van der Waals surface area contributed by atoms with Crippen molar-refractivity contribution in [2.24, 2.45) is 5.92 Å². The van der Waals surface area contributed by atoms with E-state index in [0.717, 1.165) is 30.3 Å². The number of hydrogen-bond acceptors (Lipinski definition) is 4. The summed E-state index contributed by atoms with van der Waals surface area (Å²) in [4.78, 5) is 8.29. The molecule has 1 aromatic heterocycles. The van der Waals surface area contributed by atoms with Crippen LogP contribution in [0.4, 0.5) is 11.6 Å². The monoisotopic (exact) mass is 220 g/mol. The molecule has 4 nitrogen and oxygen atoms in total. The highest BCUT2D eigenvalue weighted by Gasteiger charge is 2.15. The van der Waals surface area contributed by atoms with Crippen LogP contribution in [0.5, 0.6) is 0 Å². The molecule has 3 N–H and O–H groups in total. The summed E-state index contributed by atoms with van der Waals surface area (Å²) in [6.07, 6.45) is 7.84. The van der Waals surface area contributed by atoms with Gasteiger partial charge < -0.3 is 11.1 Å². The highest BCUT2D eigenvalue weighted by molar-refractivity contribution is 5.54. The predicted octanol–water partition coefficient (Wildman–Crippen LogP) is 2.22. The largest absolute Gasteiger partial charge is 0.383 e. The van der Waals surface area contributed by atoms with Crippen molar-refractivity contribution in [3.8, 4) is 0 Å². The Bertz CT molecular complexity index is 345. The molecule has 0 radical (unpaired) electrons. The van der Waals surface area contributed by atoms with Crippen LogP contribution in [0.1, 0.15) is 38.2 Å². The molecule has 16 heavy (non-hydrogen) atoms. The van der Waals surface area contributed by atoms with Gasteiger partial charge in [0, 0.05) is 12.1 Å². The van der Waals surface area contributed by atoms with Crippen molar-refractivity contribution in [2.45, 2.75) is 39.0 Å². The number of aromatic nitrogens is 2. The zero-order valence-electron chi connectivity index (χ0n) is 9.87. The van der Waals surface area contributed by atoms with Crippen LogP contribution in [-0.4, -0.2) is 16.5 Å². The number of nitrogens with zero attached hydrogens (tertiary/aromatic N) is 2. The van der Waals surface area contributed by atoms with Gasteiger partial charge in [-0.25, -0.2) is 9.97 Å². The summed E-state index contributed by atoms with van der Waals surface area (Å²) in [7, 11) is 0. The van der Waals surface area contributed by atoms with E-state index in [2.05, 4.69) is 22.2 Å². The topological polar surface area (TPSA) is 63.8 Å². The van der Waals surface area contributed by atoms with Gasteiger partial charge in [-0.2, -0.15) is 0 Å². The van der Waals surface area contributed by atoms with Crippen LogP contribution in [0.25, 0.3) is 0 Å². The third-order valence-electron chi connectivity index (χ3n) is 3.37. The summed E-state index contributed by atoms with van der Waals surface area (Å²) in [6, 6.07) is 0. The molecular weight excluding hydrogens is 200 g/mol. The first-order valence-corrected chi connectivity index (χ1v) is 6.14. The van der Waals surface area contributed by atoms with Gasteiger partial charge in [0.1, 0.15) is 18.0 Å². The minimum Gasteiger partial charge on any atom is -0.383 e. The summed E-state index contributed by atoms with van der Waals surface area (Å²) in [5.74, 6) is 2.33. The Morgan fingerprint density at radius 1 is 1.38 bits per heavy atom. The van der Waals surface area contributed by atoms with Crippen LogP contribution in [0.15, 0.2) is 6.33 Å². The molecule has 1 fully saturated rings. The Morgan fingerprint density at radius 3 is 2.81 bits per heavy atom. The number of nitrogen functional groups attached to an aromatic ring is 1. The van der Waals surface area contributed by atoms with E-state index < -0.39 is 0 Å². The molecule has 0 bridgehead atoms. The number of anilines is 2. The number of hydrogen-bond donors (Lipinski definition) is 2. The summed E-state index contributed by atoms with van der Waals surface area (Å²) in [5.41, 5.74) is 6.87. The summed E-state index contributed by atoms with van der Waals surface area (Å²) >= 11 is 0. The molecule has 1 aromatic rings. The highest BCUT2D eigenvalue weighted by Crippen LogP contribution is 2.25. The van der Waals surface area contributed by atoms with Crippen LogP contribution in [-0.2, 0) is 6.42 Å². The molecule has 0 saturated heterocycles. The maximum atomic E-state index is 5.82. The molecule has 0 atom stereocenters. The van der Waals surface area contributed by atoms with Gasteiger partial charge in [0.25, 0.3) is 0 Å². The molecule has 88 valence electrons. The molecule has 2 rings (SSSR count). The van der Waals surface area contributed by atoms with E-state index in [1.807, 2.05) is 0 Å². The van der Waals surface area contributed by atoms with E-state index in [-0.39, 0.29) is 0 Å². The second-order valence-corrected chi connectivity index (χ2v) is 4.47. The Hall–Kier alpha value is -1.32. The standard InChI is InChI=1S/C12H20N4/c1-2-10-11(13)15-8-16-12(10)14-7-9-5-3-4-6-9/h8-9H,2-7H2,1H3,(H3,13,14,15,16). The molecule has 0 spiro atoms. The van der Waals surface area contributed by atoms with Crippen molar-refractivity contribution >= 4 is 11.6 Å². The second-order valence-electron chi connectivity index (χ2n) is 4.47. The van der Waals surface area contributed by atoms with E-state index in [0.29, 0.717) is 5.82 Å². The van der Waals surface area contributed by atoms with Crippen molar-refractivity contribution in [1.29, 1.82) is 0 Å². The first-order valence-electron chi connectivity index (χ1n) is 6.14. The summed E-state index contributed by atoms with van der Waals surface area (Å²) in [5, 5.41) is 3.42. The molecule has 1 aliphatic carbocycles. The van der Waals surface area contributed by atoms with Crippen LogP contribution >= 0.6 is 0 Å². The quantitative estimate of drug-likeness (QED) is 0.816. The van der Waals surface area contributed by atoms with Crippen molar-refractivity contribution in [3.63, 3.8) is 0 Å². The SMILES string of the molecule is CCc1c(N)ncnc1NCC1CCCC1. The van der Waals surface area contributed by atoms with E-state index in [1.165, 1.54) is 32.0 Å². The van der Waals surface area contributed by atoms with Gasteiger partial charge >= 0.3 is 0 Å². The molecule has 1 heterocycles.